The average Bonchev–Trinajstić information content (AvgIpc) is 3.10. The molecule has 3 aromatic rings. The van der Waals surface area contributed by atoms with Crippen molar-refractivity contribution in [3.05, 3.63) is 75.3 Å². The average molecular weight is 514 g/mol. The van der Waals surface area contributed by atoms with E-state index in [0.29, 0.717) is 35.8 Å². The molecule has 1 aliphatic heterocycles. The largest absolute Gasteiger partial charge is 0.481 e. The number of carboxylic acid groups (broad SMARTS) is 1. The summed E-state index contributed by atoms with van der Waals surface area (Å²) in [5.41, 5.74) is -0.199. The molecular formula is C24H20FN3O5S2. The van der Waals surface area contributed by atoms with E-state index in [2.05, 4.69) is 4.98 Å². The Morgan fingerprint density at radius 3 is 2.69 bits per heavy atom. The lowest BCUT2D eigenvalue weighted by Gasteiger charge is -2.14. The number of amides is 1. The Hall–Kier alpha value is -3.57. The van der Waals surface area contributed by atoms with Crippen LogP contribution in [0.15, 0.2) is 58.4 Å². The van der Waals surface area contributed by atoms with Gasteiger partial charge in [0, 0.05) is 19.2 Å². The molecule has 1 aromatic carbocycles. The summed E-state index contributed by atoms with van der Waals surface area (Å²) in [6.45, 7) is 0.342. The second-order valence-electron chi connectivity index (χ2n) is 7.63. The van der Waals surface area contributed by atoms with Gasteiger partial charge < -0.3 is 9.84 Å². The number of carboxylic acids is 1. The monoisotopic (exact) mass is 513 g/mol. The van der Waals surface area contributed by atoms with E-state index < -0.39 is 17.3 Å². The number of carbonyl (C=O) groups excluding carboxylic acids is 1. The van der Waals surface area contributed by atoms with Crippen molar-refractivity contribution in [1.82, 2.24) is 14.3 Å². The van der Waals surface area contributed by atoms with Crippen molar-refractivity contribution in [3.8, 4) is 11.6 Å². The van der Waals surface area contributed by atoms with E-state index in [1.54, 1.807) is 24.3 Å². The Morgan fingerprint density at radius 2 is 1.91 bits per heavy atom. The number of nitrogens with zero attached hydrogens (tertiary/aromatic N) is 3. The quantitative estimate of drug-likeness (QED) is 0.254. The van der Waals surface area contributed by atoms with Crippen LogP contribution in [0.1, 0.15) is 31.2 Å². The number of unbranched alkanes of at least 4 members (excludes halogenated alkanes) is 2. The number of hydrogen-bond donors (Lipinski definition) is 1. The minimum Gasteiger partial charge on any atom is -0.481 e. The number of thioether (sulfide) groups is 1. The molecule has 11 heteroatoms. The first-order valence-corrected chi connectivity index (χ1v) is 12.0. The number of hydrogen-bond acceptors (Lipinski definition) is 7. The molecule has 1 amide bonds. The van der Waals surface area contributed by atoms with Crippen LogP contribution in [0, 0.1) is 5.82 Å². The standard InChI is InChI=1S/C24H20FN3O5S2/c25-16-8-3-4-9-17(16)33-21-15(22(31)27-12-7-5-10-19(27)26-21)14-18-23(32)28(24(34)35-18)13-6-1-2-11-20(29)30/h3-5,7-10,12,14H,1-2,6,11,13H2,(H,29,30)/b18-14+. The van der Waals surface area contributed by atoms with Crippen LogP contribution in [0.25, 0.3) is 11.7 Å². The Balaban J connectivity index is 1.65. The van der Waals surface area contributed by atoms with Crippen molar-refractivity contribution in [2.75, 3.05) is 6.54 Å². The van der Waals surface area contributed by atoms with Crippen molar-refractivity contribution in [1.29, 1.82) is 0 Å². The number of rotatable bonds is 9. The van der Waals surface area contributed by atoms with Crippen molar-refractivity contribution < 1.29 is 23.8 Å². The van der Waals surface area contributed by atoms with Gasteiger partial charge in [-0.05, 0) is 43.2 Å². The van der Waals surface area contributed by atoms with Gasteiger partial charge in [-0.1, -0.05) is 48.6 Å². The summed E-state index contributed by atoms with van der Waals surface area (Å²) in [6.07, 6.45) is 4.72. The third-order valence-corrected chi connectivity index (χ3v) is 6.58. The molecule has 0 radical (unpaired) electrons. The third-order valence-electron chi connectivity index (χ3n) is 5.20. The number of thiocarbonyl (C=S) groups is 1. The van der Waals surface area contributed by atoms with Crippen molar-refractivity contribution >= 4 is 51.9 Å². The third kappa shape index (κ3) is 5.57. The van der Waals surface area contributed by atoms with Gasteiger partial charge in [-0.2, -0.15) is 4.98 Å². The number of fused-ring (bicyclic) bond motifs is 1. The topological polar surface area (TPSA) is 101 Å². The van der Waals surface area contributed by atoms with Crippen LogP contribution in [0.3, 0.4) is 0 Å². The van der Waals surface area contributed by atoms with Crippen LogP contribution in [0.4, 0.5) is 4.39 Å². The zero-order valence-corrected chi connectivity index (χ0v) is 20.0. The number of para-hydroxylation sites is 1. The predicted octanol–water partition coefficient (Wildman–Crippen LogP) is 4.47. The molecule has 0 unspecified atom stereocenters. The second-order valence-corrected chi connectivity index (χ2v) is 9.31. The molecule has 0 spiro atoms. The van der Waals surface area contributed by atoms with E-state index in [0.717, 1.165) is 11.8 Å². The molecular weight excluding hydrogens is 493 g/mol. The first-order valence-electron chi connectivity index (χ1n) is 10.8. The Morgan fingerprint density at radius 1 is 1.14 bits per heavy atom. The highest BCUT2D eigenvalue weighted by molar-refractivity contribution is 8.26. The molecule has 3 heterocycles. The summed E-state index contributed by atoms with van der Waals surface area (Å²) in [6, 6.07) is 10.7. The Bertz CT molecular complexity index is 1410. The van der Waals surface area contributed by atoms with E-state index in [1.165, 1.54) is 39.8 Å². The number of halogens is 1. The highest BCUT2D eigenvalue weighted by Gasteiger charge is 2.32. The summed E-state index contributed by atoms with van der Waals surface area (Å²) in [5.74, 6) is -2.09. The zero-order chi connectivity index (χ0) is 24.9. The van der Waals surface area contributed by atoms with E-state index in [4.69, 9.17) is 22.1 Å². The molecule has 8 nitrogen and oxygen atoms in total. The van der Waals surface area contributed by atoms with Gasteiger partial charge in [0.05, 0.1) is 4.91 Å². The molecule has 1 saturated heterocycles. The lowest BCUT2D eigenvalue weighted by atomic mass is 10.2. The van der Waals surface area contributed by atoms with Gasteiger partial charge >= 0.3 is 5.97 Å². The van der Waals surface area contributed by atoms with Gasteiger partial charge in [0.1, 0.15) is 15.5 Å². The number of carbonyl (C=O) groups is 2. The zero-order valence-electron chi connectivity index (χ0n) is 18.3. The normalized spacial score (nSPS) is 14.8. The molecule has 0 saturated carbocycles. The first kappa shape index (κ1) is 24.6. The molecule has 1 N–H and O–H groups in total. The molecule has 35 heavy (non-hydrogen) atoms. The van der Waals surface area contributed by atoms with Crippen LogP contribution in [0.5, 0.6) is 11.6 Å². The molecule has 0 aliphatic carbocycles. The molecule has 0 bridgehead atoms. The number of benzene rings is 1. The van der Waals surface area contributed by atoms with E-state index in [1.807, 2.05) is 0 Å². The highest BCUT2D eigenvalue weighted by Crippen LogP contribution is 2.34. The summed E-state index contributed by atoms with van der Waals surface area (Å²) in [4.78, 5) is 43.0. The maximum absolute atomic E-state index is 14.2. The van der Waals surface area contributed by atoms with E-state index in [9.17, 15) is 18.8 Å². The number of aromatic nitrogens is 2. The first-order chi connectivity index (χ1) is 16.8. The molecule has 2 aromatic heterocycles. The molecule has 0 atom stereocenters. The summed E-state index contributed by atoms with van der Waals surface area (Å²) in [7, 11) is 0. The molecule has 1 fully saturated rings. The van der Waals surface area contributed by atoms with Crippen LogP contribution < -0.4 is 10.3 Å². The van der Waals surface area contributed by atoms with Crippen LogP contribution in [0.2, 0.25) is 0 Å². The van der Waals surface area contributed by atoms with Crippen LogP contribution >= 0.6 is 24.0 Å². The lowest BCUT2D eigenvalue weighted by molar-refractivity contribution is -0.137. The molecule has 1 aliphatic rings. The van der Waals surface area contributed by atoms with Gasteiger partial charge in [0.25, 0.3) is 11.5 Å². The maximum Gasteiger partial charge on any atom is 0.303 e. The minimum atomic E-state index is -0.859. The fraction of sp³-hybridized carbons (Fsp3) is 0.208. The van der Waals surface area contributed by atoms with Crippen LogP contribution in [-0.2, 0) is 9.59 Å². The SMILES string of the molecule is O=C(O)CCCCCN1C(=O)/C(=C\c2c(Oc3ccccc3F)nc3ccccn3c2=O)SC1=S. The summed E-state index contributed by atoms with van der Waals surface area (Å²) in [5, 5.41) is 8.74. The number of ether oxygens (including phenoxy) is 1. The Kier molecular flexibility index (Phi) is 7.57. The van der Waals surface area contributed by atoms with E-state index in [-0.39, 0.29) is 34.4 Å². The van der Waals surface area contributed by atoms with Gasteiger partial charge in [-0.3, -0.25) is 23.7 Å². The number of aliphatic carboxylic acids is 1. The van der Waals surface area contributed by atoms with Gasteiger partial charge in [0.2, 0.25) is 5.88 Å². The second kappa shape index (κ2) is 10.8. The van der Waals surface area contributed by atoms with Crippen molar-refractivity contribution in [2.45, 2.75) is 25.7 Å². The Labute approximate surface area is 209 Å². The molecule has 180 valence electrons. The van der Waals surface area contributed by atoms with Crippen molar-refractivity contribution in [3.63, 3.8) is 0 Å². The maximum atomic E-state index is 14.2. The fourth-order valence-corrected chi connectivity index (χ4v) is 4.75. The lowest BCUT2D eigenvalue weighted by Crippen LogP contribution is -2.29. The van der Waals surface area contributed by atoms with E-state index >= 15 is 0 Å². The highest BCUT2D eigenvalue weighted by atomic mass is 32.2. The minimum absolute atomic E-state index is 0.0149. The summed E-state index contributed by atoms with van der Waals surface area (Å²) < 4.78 is 21.6. The molecule has 4 rings (SSSR count). The number of pyridine rings is 1. The van der Waals surface area contributed by atoms with Gasteiger partial charge in [-0.25, -0.2) is 4.39 Å². The smallest absolute Gasteiger partial charge is 0.303 e. The van der Waals surface area contributed by atoms with Crippen molar-refractivity contribution in [2.24, 2.45) is 0 Å². The van der Waals surface area contributed by atoms with Crippen LogP contribution in [-0.4, -0.2) is 42.1 Å². The van der Waals surface area contributed by atoms with Gasteiger partial charge in [0.15, 0.2) is 11.6 Å². The predicted molar refractivity (Wildman–Crippen MR) is 134 cm³/mol. The fourth-order valence-electron chi connectivity index (χ4n) is 3.46. The van der Waals surface area contributed by atoms with Gasteiger partial charge in [-0.15, -0.1) is 0 Å². The summed E-state index contributed by atoms with van der Waals surface area (Å²) >= 11 is 6.40.